The molecule has 6 heteroatoms. The van der Waals surface area contributed by atoms with Crippen molar-refractivity contribution in [3.63, 3.8) is 0 Å². The second kappa shape index (κ2) is 5.26. The minimum absolute atomic E-state index is 0.193. The van der Waals surface area contributed by atoms with Crippen LogP contribution in [0.1, 0.15) is 18.4 Å². The normalized spacial score (nSPS) is 18.1. The number of fused-ring (bicyclic) bond motifs is 1. The van der Waals surface area contributed by atoms with Crippen molar-refractivity contribution in [1.82, 2.24) is 15.1 Å². The van der Waals surface area contributed by atoms with Crippen molar-refractivity contribution in [2.24, 2.45) is 4.99 Å². The number of aryl methyl sites for hydroxylation is 1. The molecule has 1 fully saturated rings. The molecule has 4 rings (SSSR count). The van der Waals surface area contributed by atoms with E-state index in [1.165, 1.54) is 12.8 Å². The molecule has 0 radical (unpaired) electrons. The van der Waals surface area contributed by atoms with E-state index in [1.807, 2.05) is 11.6 Å². The Kier molecular flexibility index (Phi) is 3.24. The van der Waals surface area contributed by atoms with Crippen molar-refractivity contribution in [2.45, 2.75) is 26.3 Å². The number of nitrogens with one attached hydrogen (secondary N) is 1. The first kappa shape index (κ1) is 13.5. The molecule has 1 N–H and O–H groups in total. The summed E-state index contributed by atoms with van der Waals surface area (Å²) in [7, 11) is 0. The molecule has 0 aliphatic carbocycles. The Hall–Kier alpha value is -2.11. The Balaban J connectivity index is 1.84. The van der Waals surface area contributed by atoms with E-state index >= 15 is 0 Å². The third-order valence-electron chi connectivity index (χ3n) is 4.43. The predicted molar refractivity (Wildman–Crippen MR) is 86.2 cm³/mol. The number of aromatic nitrogens is 2. The third kappa shape index (κ3) is 2.23. The monoisotopic (exact) mass is 301 g/mol. The van der Waals surface area contributed by atoms with Crippen molar-refractivity contribution in [2.75, 3.05) is 31.1 Å². The topological polar surface area (TPSA) is 45.5 Å². The molecule has 2 aromatic rings. The molecule has 0 spiro atoms. The third-order valence-corrected chi connectivity index (χ3v) is 4.43. The standard InChI is InChI=1S/C16H20FN5/c1-11-8-12(17)9-13-15(11)22(10-14-18-4-5-19-14)20-16(13)21-6-2-3-7-21/h8-9H,2-7,10H2,1H3,(H,18,19). The Morgan fingerprint density at radius 1 is 1.27 bits per heavy atom. The number of hydrogen-bond acceptors (Lipinski definition) is 4. The Labute approximate surface area is 128 Å². The zero-order valence-electron chi connectivity index (χ0n) is 12.8. The zero-order chi connectivity index (χ0) is 15.1. The highest BCUT2D eigenvalue weighted by Crippen LogP contribution is 2.31. The number of amidine groups is 1. The van der Waals surface area contributed by atoms with Crippen LogP contribution in [0.5, 0.6) is 0 Å². The van der Waals surface area contributed by atoms with E-state index in [-0.39, 0.29) is 5.82 Å². The fraction of sp³-hybridized carbons (Fsp3) is 0.500. The maximum Gasteiger partial charge on any atom is 0.158 e. The molecule has 3 heterocycles. The summed E-state index contributed by atoms with van der Waals surface area (Å²) in [6.07, 6.45) is 2.35. The highest BCUT2D eigenvalue weighted by atomic mass is 19.1. The largest absolute Gasteiger partial charge is 0.370 e. The zero-order valence-corrected chi connectivity index (χ0v) is 12.8. The first-order chi connectivity index (χ1) is 10.7. The molecule has 116 valence electrons. The minimum Gasteiger partial charge on any atom is -0.370 e. The molecule has 0 saturated carbocycles. The van der Waals surface area contributed by atoms with Crippen LogP contribution in [-0.2, 0) is 6.54 Å². The summed E-state index contributed by atoms with van der Waals surface area (Å²) in [6, 6.07) is 3.20. The van der Waals surface area contributed by atoms with E-state index in [0.717, 1.165) is 54.3 Å². The number of hydrogen-bond donors (Lipinski definition) is 1. The van der Waals surface area contributed by atoms with Gasteiger partial charge < -0.3 is 10.2 Å². The summed E-state index contributed by atoms with van der Waals surface area (Å²) >= 11 is 0. The lowest BCUT2D eigenvalue weighted by molar-refractivity contribution is 0.628. The molecular formula is C16H20FN5. The highest BCUT2D eigenvalue weighted by Gasteiger charge is 2.22. The second-order valence-corrected chi connectivity index (χ2v) is 6.05. The summed E-state index contributed by atoms with van der Waals surface area (Å²) in [6.45, 7) is 6.28. The number of anilines is 1. The number of halogens is 1. The molecule has 0 unspecified atom stereocenters. The molecule has 2 aliphatic rings. The molecule has 2 aliphatic heterocycles. The molecule has 1 aromatic heterocycles. The van der Waals surface area contributed by atoms with Gasteiger partial charge in [-0.25, -0.2) is 4.39 Å². The predicted octanol–water partition coefficient (Wildman–Crippen LogP) is 2.09. The van der Waals surface area contributed by atoms with Gasteiger partial charge in [0.1, 0.15) is 11.7 Å². The number of aliphatic imine (C=N–C) groups is 1. The number of nitrogens with zero attached hydrogens (tertiary/aromatic N) is 4. The average Bonchev–Trinajstić information content (AvgIpc) is 3.19. The lowest BCUT2D eigenvalue weighted by atomic mass is 10.1. The number of benzene rings is 1. The first-order valence-electron chi connectivity index (χ1n) is 7.91. The lowest BCUT2D eigenvalue weighted by Crippen LogP contribution is -2.24. The second-order valence-electron chi connectivity index (χ2n) is 6.05. The molecule has 5 nitrogen and oxygen atoms in total. The van der Waals surface area contributed by atoms with Crippen LogP contribution in [0.4, 0.5) is 10.2 Å². The van der Waals surface area contributed by atoms with Gasteiger partial charge in [-0.2, -0.15) is 5.10 Å². The van der Waals surface area contributed by atoms with Crippen molar-refractivity contribution in [1.29, 1.82) is 0 Å². The minimum atomic E-state index is -0.193. The Bertz CT molecular complexity index is 743. The summed E-state index contributed by atoms with van der Waals surface area (Å²) in [5.74, 6) is 1.68. The van der Waals surface area contributed by atoms with Gasteiger partial charge in [0.2, 0.25) is 0 Å². The van der Waals surface area contributed by atoms with Crippen LogP contribution in [0.15, 0.2) is 17.1 Å². The van der Waals surface area contributed by atoms with E-state index in [0.29, 0.717) is 6.54 Å². The fourth-order valence-corrected chi connectivity index (χ4v) is 3.44. The first-order valence-corrected chi connectivity index (χ1v) is 7.91. The van der Waals surface area contributed by atoms with Gasteiger partial charge in [-0.3, -0.25) is 9.67 Å². The van der Waals surface area contributed by atoms with Crippen LogP contribution in [0, 0.1) is 12.7 Å². The van der Waals surface area contributed by atoms with Gasteiger partial charge in [0.05, 0.1) is 18.6 Å². The average molecular weight is 301 g/mol. The summed E-state index contributed by atoms with van der Waals surface area (Å²) in [5.41, 5.74) is 1.94. The smallest absolute Gasteiger partial charge is 0.158 e. The van der Waals surface area contributed by atoms with Gasteiger partial charge in [0.25, 0.3) is 0 Å². The summed E-state index contributed by atoms with van der Waals surface area (Å²) < 4.78 is 15.9. The van der Waals surface area contributed by atoms with Gasteiger partial charge in [-0.1, -0.05) is 0 Å². The van der Waals surface area contributed by atoms with Crippen molar-refractivity contribution < 1.29 is 4.39 Å². The van der Waals surface area contributed by atoms with E-state index in [1.54, 1.807) is 12.1 Å². The van der Waals surface area contributed by atoms with E-state index in [9.17, 15) is 4.39 Å². The van der Waals surface area contributed by atoms with Crippen molar-refractivity contribution >= 4 is 22.6 Å². The lowest BCUT2D eigenvalue weighted by Gasteiger charge is -2.14. The fourth-order valence-electron chi connectivity index (χ4n) is 3.44. The van der Waals surface area contributed by atoms with Crippen LogP contribution in [0.25, 0.3) is 10.9 Å². The molecule has 1 saturated heterocycles. The van der Waals surface area contributed by atoms with Gasteiger partial charge in [0.15, 0.2) is 5.82 Å². The number of rotatable bonds is 3. The molecule has 0 atom stereocenters. The molecular weight excluding hydrogens is 281 g/mol. The van der Waals surface area contributed by atoms with Crippen LogP contribution in [0.3, 0.4) is 0 Å². The maximum absolute atomic E-state index is 13.9. The molecule has 1 aromatic carbocycles. The van der Waals surface area contributed by atoms with Gasteiger partial charge in [-0.05, 0) is 37.5 Å². The Morgan fingerprint density at radius 2 is 2.09 bits per heavy atom. The van der Waals surface area contributed by atoms with Gasteiger partial charge in [0, 0.05) is 25.0 Å². The van der Waals surface area contributed by atoms with E-state index in [4.69, 9.17) is 5.10 Å². The molecule has 0 amide bonds. The molecule has 0 bridgehead atoms. The summed E-state index contributed by atoms with van der Waals surface area (Å²) in [4.78, 5) is 6.71. The van der Waals surface area contributed by atoms with Crippen molar-refractivity contribution in [3.8, 4) is 0 Å². The van der Waals surface area contributed by atoms with Gasteiger partial charge >= 0.3 is 0 Å². The van der Waals surface area contributed by atoms with Crippen LogP contribution < -0.4 is 10.2 Å². The SMILES string of the molecule is Cc1cc(F)cc2c(N3CCCC3)nn(CC3=NCCN3)c12. The van der Waals surface area contributed by atoms with E-state index in [2.05, 4.69) is 15.2 Å². The maximum atomic E-state index is 13.9. The summed E-state index contributed by atoms with van der Waals surface area (Å²) in [5, 5.41) is 8.99. The van der Waals surface area contributed by atoms with E-state index < -0.39 is 0 Å². The highest BCUT2D eigenvalue weighted by molar-refractivity contribution is 5.94. The van der Waals surface area contributed by atoms with Crippen LogP contribution in [0.2, 0.25) is 0 Å². The van der Waals surface area contributed by atoms with Crippen LogP contribution in [-0.4, -0.2) is 41.8 Å². The van der Waals surface area contributed by atoms with Gasteiger partial charge in [-0.15, -0.1) is 0 Å². The van der Waals surface area contributed by atoms with Crippen molar-refractivity contribution in [3.05, 3.63) is 23.5 Å². The van der Waals surface area contributed by atoms with Crippen LogP contribution >= 0.6 is 0 Å². The molecule has 22 heavy (non-hydrogen) atoms. The quantitative estimate of drug-likeness (QED) is 0.944. The Morgan fingerprint density at radius 3 is 2.82 bits per heavy atom.